The Labute approximate surface area is 174 Å². The maximum absolute atomic E-state index is 13.3. The van der Waals surface area contributed by atoms with Crippen LogP contribution in [-0.2, 0) is 19.1 Å². The first-order valence-corrected chi connectivity index (χ1v) is 10.2. The molecule has 1 aromatic heterocycles. The predicted octanol–water partition coefficient (Wildman–Crippen LogP) is 3.31. The van der Waals surface area contributed by atoms with Crippen molar-refractivity contribution in [2.75, 3.05) is 6.61 Å². The van der Waals surface area contributed by atoms with Crippen molar-refractivity contribution in [3.8, 4) is 0 Å². The molecule has 3 rings (SSSR count). The Morgan fingerprint density at radius 3 is 2.57 bits per heavy atom. The second kappa shape index (κ2) is 9.41. The van der Waals surface area contributed by atoms with E-state index in [0.717, 1.165) is 17.6 Å². The molecule has 1 saturated carbocycles. The Kier molecular flexibility index (Phi) is 7.10. The molecule has 0 saturated heterocycles. The number of rotatable bonds is 7. The maximum atomic E-state index is 13.3. The van der Waals surface area contributed by atoms with Gasteiger partial charge >= 0.3 is 6.18 Å². The van der Waals surface area contributed by atoms with E-state index in [1.807, 2.05) is 13.8 Å². The van der Waals surface area contributed by atoms with E-state index in [1.54, 1.807) is 18.3 Å². The lowest BCUT2D eigenvalue weighted by Crippen LogP contribution is -2.36. The molecule has 8 heteroatoms. The van der Waals surface area contributed by atoms with Gasteiger partial charge in [0.25, 0.3) is 0 Å². The number of nitrogens with one attached hydrogen (secondary N) is 1. The summed E-state index contributed by atoms with van der Waals surface area (Å²) in [6, 6.07) is 7.05. The zero-order valence-corrected chi connectivity index (χ0v) is 17.1. The summed E-state index contributed by atoms with van der Waals surface area (Å²) in [7, 11) is 0. The molecular formula is C22H28F3N3O2. The van der Waals surface area contributed by atoms with E-state index in [9.17, 15) is 23.4 Å². The fourth-order valence-corrected chi connectivity index (χ4v) is 4.22. The van der Waals surface area contributed by atoms with Gasteiger partial charge in [-0.1, -0.05) is 32.0 Å². The molecule has 1 heterocycles. The first kappa shape index (κ1) is 22.7. The fourth-order valence-electron chi connectivity index (χ4n) is 4.22. The SMILES string of the molecule is CC(C)c1nccc(C[C@@H]2[C@@H](CO)[C@H](O)C[C@H]2NCc2ccccc2C(F)(F)F)n1. The summed E-state index contributed by atoms with van der Waals surface area (Å²) < 4.78 is 39.8. The van der Waals surface area contributed by atoms with Crippen LogP contribution in [0.25, 0.3) is 0 Å². The van der Waals surface area contributed by atoms with Crippen LogP contribution in [0.3, 0.4) is 0 Å². The number of benzene rings is 1. The number of aromatic nitrogens is 2. The van der Waals surface area contributed by atoms with Crippen molar-refractivity contribution in [1.29, 1.82) is 0 Å². The van der Waals surface area contributed by atoms with Gasteiger partial charge in [-0.25, -0.2) is 9.97 Å². The zero-order valence-electron chi connectivity index (χ0n) is 17.1. The van der Waals surface area contributed by atoms with E-state index in [0.29, 0.717) is 12.8 Å². The number of aliphatic hydroxyl groups is 2. The molecule has 164 valence electrons. The van der Waals surface area contributed by atoms with E-state index in [4.69, 9.17) is 0 Å². The van der Waals surface area contributed by atoms with Crippen LogP contribution in [0, 0.1) is 11.8 Å². The molecule has 4 atom stereocenters. The molecular weight excluding hydrogens is 395 g/mol. The Bertz CT molecular complexity index is 844. The third-order valence-electron chi connectivity index (χ3n) is 5.84. The molecule has 0 aliphatic heterocycles. The van der Waals surface area contributed by atoms with Gasteiger partial charge in [-0.3, -0.25) is 0 Å². The van der Waals surface area contributed by atoms with Gasteiger partial charge in [0.05, 0.1) is 11.7 Å². The maximum Gasteiger partial charge on any atom is 0.416 e. The lowest BCUT2D eigenvalue weighted by atomic mass is 9.88. The predicted molar refractivity (Wildman–Crippen MR) is 107 cm³/mol. The first-order chi connectivity index (χ1) is 14.2. The van der Waals surface area contributed by atoms with Crippen LogP contribution >= 0.6 is 0 Å². The van der Waals surface area contributed by atoms with E-state index in [2.05, 4.69) is 15.3 Å². The lowest BCUT2D eigenvalue weighted by Gasteiger charge is -2.25. The summed E-state index contributed by atoms with van der Waals surface area (Å²) in [4.78, 5) is 8.84. The van der Waals surface area contributed by atoms with E-state index in [1.165, 1.54) is 12.1 Å². The second-order valence-corrected chi connectivity index (χ2v) is 8.22. The number of halogens is 3. The van der Waals surface area contributed by atoms with E-state index >= 15 is 0 Å². The van der Waals surface area contributed by atoms with Crippen molar-refractivity contribution >= 4 is 0 Å². The van der Waals surface area contributed by atoms with Gasteiger partial charge < -0.3 is 15.5 Å². The summed E-state index contributed by atoms with van der Waals surface area (Å²) >= 11 is 0. The van der Waals surface area contributed by atoms with Crippen LogP contribution in [0.4, 0.5) is 13.2 Å². The smallest absolute Gasteiger partial charge is 0.396 e. The van der Waals surface area contributed by atoms with Gasteiger partial charge in [0, 0.05) is 42.9 Å². The minimum absolute atomic E-state index is 0.0305. The summed E-state index contributed by atoms with van der Waals surface area (Å²) in [6.07, 6.45) is -2.58. The molecule has 2 aromatic rings. The molecule has 0 spiro atoms. The van der Waals surface area contributed by atoms with Crippen LogP contribution in [0.5, 0.6) is 0 Å². The van der Waals surface area contributed by atoms with Crippen LogP contribution in [-0.4, -0.2) is 38.9 Å². The molecule has 0 amide bonds. The Balaban J connectivity index is 1.77. The minimum Gasteiger partial charge on any atom is -0.396 e. The Morgan fingerprint density at radius 1 is 1.17 bits per heavy atom. The van der Waals surface area contributed by atoms with Crippen LogP contribution < -0.4 is 5.32 Å². The van der Waals surface area contributed by atoms with Gasteiger partial charge in [-0.05, 0) is 36.5 Å². The molecule has 0 radical (unpaired) electrons. The monoisotopic (exact) mass is 423 g/mol. The normalized spacial score (nSPS) is 24.5. The summed E-state index contributed by atoms with van der Waals surface area (Å²) in [5, 5.41) is 23.4. The van der Waals surface area contributed by atoms with Crippen molar-refractivity contribution in [2.24, 2.45) is 11.8 Å². The number of hydrogen-bond acceptors (Lipinski definition) is 5. The summed E-state index contributed by atoms with van der Waals surface area (Å²) in [5.74, 6) is 0.367. The first-order valence-electron chi connectivity index (χ1n) is 10.2. The fraction of sp³-hybridized carbons (Fsp3) is 0.545. The van der Waals surface area contributed by atoms with Crippen molar-refractivity contribution < 1.29 is 23.4 Å². The van der Waals surface area contributed by atoms with Crippen LogP contribution in [0.2, 0.25) is 0 Å². The van der Waals surface area contributed by atoms with Crippen LogP contribution in [0.15, 0.2) is 36.5 Å². The number of alkyl halides is 3. The highest BCUT2D eigenvalue weighted by Gasteiger charge is 2.42. The third-order valence-corrected chi connectivity index (χ3v) is 5.84. The Morgan fingerprint density at radius 2 is 1.90 bits per heavy atom. The highest BCUT2D eigenvalue weighted by Crippen LogP contribution is 2.36. The highest BCUT2D eigenvalue weighted by atomic mass is 19.4. The third kappa shape index (κ3) is 5.17. The van der Waals surface area contributed by atoms with Crippen molar-refractivity contribution in [3.63, 3.8) is 0 Å². The molecule has 0 bridgehead atoms. The van der Waals surface area contributed by atoms with Gasteiger partial charge in [-0.15, -0.1) is 0 Å². The largest absolute Gasteiger partial charge is 0.416 e. The summed E-state index contributed by atoms with van der Waals surface area (Å²) in [5.41, 5.74) is 0.298. The molecule has 5 nitrogen and oxygen atoms in total. The minimum atomic E-state index is -4.42. The van der Waals surface area contributed by atoms with Crippen molar-refractivity contribution in [2.45, 2.75) is 57.5 Å². The average Bonchev–Trinajstić information content (AvgIpc) is 3.00. The van der Waals surface area contributed by atoms with E-state index < -0.39 is 17.8 Å². The number of hydrogen-bond donors (Lipinski definition) is 3. The molecule has 0 unspecified atom stereocenters. The number of nitrogens with zero attached hydrogens (tertiary/aromatic N) is 2. The molecule has 1 aliphatic carbocycles. The topological polar surface area (TPSA) is 78.3 Å². The highest BCUT2D eigenvalue weighted by molar-refractivity contribution is 5.29. The standard InChI is InChI=1S/C22H28F3N3O2/c1-13(2)21-26-8-7-15(28-21)9-16-17(12-29)20(30)10-19(16)27-11-14-5-3-4-6-18(14)22(23,24)25/h3-8,13,16-17,19-20,27,29-30H,9-12H2,1-2H3/t16-,17-,19-,20-/m1/s1. The molecule has 3 N–H and O–H groups in total. The average molecular weight is 423 g/mol. The molecule has 1 aliphatic rings. The Hall–Kier alpha value is -2.03. The van der Waals surface area contributed by atoms with Gasteiger partial charge in [-0.2, -0.15) is 13.2 Å². The van der Waals surface area contributed by atoms with E-state index in [-0.39, 0.29) is 42.5 Å². The van der Waals surface area contributed by atoms with Crippen molar-refractivity contribution in [1.82, 2.24) is 15.3 Å². The molecule has 30 heavy (non-hydrogen) atoms. The van der Waals surface area contributed by atoms with Gasteiger partial charge in [0.2, 0.25) is 0 Å². The number of aliphatic hydroxyl groups excluding tert-OH is 2. The second-order valence-electron chi connectivity index (χ2n) is 8.22. The summed E-state index contributed by atoms with van der Waals surface area (Å²) in [6.45, 7) is 3.84. The van der Waals surface area contributed by atoms with Crippen LogP contribution in [0.1, 0.15) is 48.8 Å². The van der Waals surface area contributed by atoms with Gasteiger partial charge in [0.15, 0.2) is 0 Å². The lowest BCUT2D eigenvalue weighted by molar-refractivity contribution is -0.138. The zero-order chi connectivity index (χ0) is 21.9. The quantitative estimate of drug-likeness (QED) is 0.637. The van der Waals surface area contributed by atoms with Gasteiger partial charge in [0.1, 0.15) is 5.82 Å². The molecule has 1 fully saturated rings. The van der Waals surface area contributed by atoms with Crippen molar-refractivity contribution in [3.05, 3.63) is 59.2 Å². The molecule has 1 aromatic carbocycles.